The molecule has 0 spiro atoms. The van der Waals surface area contributed by atoms with Crippen LogP contribution < -0.4 is 16.4 Å². The van der Waals surface area contributed by atoms with Crippen LogP contribution in [-0.2, 0) is 19.1 Å². The third-order valence-electron chi connectivity index (χ3n) is 4.59. The number of rotatable bonds is 9. The molecule has 9 nitrogen and oxygen atoms in total. The molecule has 1 rings (SSSR count). The molecule has 0 saturated heterocycles. The summed E-state index contributed by atoms with van der Waals surface area (Å²) in [5, 5.41) is 5.40. The van der Waals surface area contributed by atoms with Gasteiger partial charge in [0.2, 0.25) is 17.7 Å². The van der Waals surface area contributed by atoms with Gasteiger partial charge < -0.3 is 26.0 Å². The maximum atomic E-state index is 13.7. The number of carbonyl (C=O) groups excluding carboxylic acids is 4. The van der Waals surface area contributed by atoms with Crippen LogP contribution in [-0.4, -0.2) is 52.4 Å². The van der Waals surface area contributed by atoms with E-state index in [0.29, 0.717) is 12.0 Å². The summed E-state index contributed by atoms with van der Waals surface area (Å²) >= 11 is 0. The lowest BCUT2D eigenvalue weighted by molar-refractivity contribution is -0.144. The number of hydrogen-bond donors (Lipinski definition) is 3. The van der Waals surface area contributed by atoms with Gasteiger partial charge in [-0.1, -0.05) is 36.8 Å². The highest BCUT2D eigenvalue weighted by Gasteiger charge is 2.37. The molecule has 4 N–H and O–H groups in total. The van der Waals surface area contributed by atoms with Crippen LogP contribution >= 0.6 is 0 Å². The molecule has 0 aliphatic heterocycles. The lowest BCUT2D eigenvalue weighted by Gasteiger charge is -2.35. The Bertz CT molecular complexity index is 869. The molecule has 4 amide bonds. The first-order chi connectivity index (χ1) is 15.5. The average molecular weight is 477 g/mol. The Morgan fingerprint density at radius 1 is 1.03 bits per heavy atom. The van der Waals surface area contributed by atoms with Crippen LogP contribution in [0.25, 0.3) is 0 Å². The van der Waals surface area contributed by atoms with Gasteiger partial charge in [-0.25, -0.2) is 4.79 Å². The standard InChI is InChI=1S/C25H40N4O5/c1-9-14-29(22(32)18(15-19(26)30)27-23(33)34-25(6,7)8)20(21(31)28-24(3,4)5)17-12-10-16(2)11-13-17/h10-13,18,20H,9,14-15H2,1-8H3,(H2,26,30)(H,27,33)(H,28,31). The number of hydrogen-bond acceptors (Lipinski definition) is 5. The molecule has 1 aromatic carbocycles. The van der Waals surface area contributed by atoms with Crippen molar-refractivity contribution < 1.29 is 23.9 Å². The van der Waals surface area contributed by atoms with E-state index in [2.05, 4.69) is 10.6 Å². The van der Waals surface area contributed by atoms with E-state index in [0.717, 1.165) is 5.56 Å². The Kier molecular flexibility index (Phi) is 10.1. The van der Waals surface area contributed by atoms with Gasteiger partial charge in [-0.3, -0.25) is 14.4 Å². The first-order valence-corrected chi connectivity index (χ1v) is 11.5. The van der Waals surface area contributed by atoms with Crippen molar-refractivity contribution in [3.8, 4) is 0 Å². The van der Waals surface area contributed by atoms with Crippen LogP contribution in [0, 0.1) is 6.92 Å². The van der Waals surface area contributed by atoms with Crippen LogP contribution in [0.4, 0.5) is 4.79 Å². The molecule has 34 heavy (non-hydrogen) atoms. The highest BCUT2D eigenvalue weighted by Crippen LogP contribution is 2.25. The Labute approximate surface area is 202 Å². The van der Waals surface area contributed by atoms with Crippen molar-refractivity contribution in [3.63, 3.8) is 0 Å². The third-order valence-corrected chi connectivity index (χ3v) is 4.59. The zero-order valence-corrected chi connectivity index (χ0v) is 21.7. The molecule has 0 radical (unpaired) electrons. The SMILES string of the molecule is CCCN(C(=O)C(CC(N)=O)NC(=O)OC(C)(C)C)C(C(=O)NC(C)(C)C)c1ccc(C)cc1. The number of amides is 4. The maximum absolute atomic E-state index is 13.7. The third kappa shape index (κ3) is 9.80. The summed E-state index contributed by atoms with van der Waals surface area (Å²) in [4.78, 5) is 52.6. The molecule has 1 aromatic rings. The molecule has 0 saturated carbocycles. The zero-order valence-electron chi connectivity index (χ0n) is 21.7. The Morgan fingerprint density at radius 2 is 1.59 bits per heavy atom. The lowest BCUT2D eigenvalue weighted by atomic mass is 9.99. The second-order valence-corrected chi connectivity index (χ2v) is 10.5. The van der Waals surface area contributed by atoms with Gasteiger partial charge in [0, 0.05) is 12.1 Å². The first kappa shape index (κ1) is 28.9. The van der Waals surface area contributed by atoms with Crippen LogP contribution in [0.15, 0.2) is 24.3 Å². The van der Waals surface area contributed by atoms with E-state index < -0.39 is 47.6 Å². The second-order valence-electron chi connectivity index (χ2n) is 10.5. The molecule has 0 bridgehead atoms. The smallest absolute Gasteiger partial charge is 0.408 e. The highest BCUT2D eigenvalue weighted by molar-refractivity contribution is 5.94. The summed E-state index contributed by atoms with van der Waals surface area (Å²) in [6.45, 7) is 14.6. The molecular formula is C25H40N4O5. The minimum atomic E-state index is -1.28. The molecule has 9 heteroatoms. The molecule has 0 fully saturated rings. The maximum Gasteiger partial charge on any atom is 0.408 e. The number of nitrogens with zero attached hydrogens (tertiary/aromatic N) is 1. The molecular weight excluding hydrogens is 436 g/mol. The normalized spacial score (nSPS) is 13.4. The van der Waals surface area contributed by atoms with Crippen molar-refractivity contribution in [1.82, 2.24) is 15.5 Å². The van der Waals surface area contributed by atoms with Crippen molar-refractivity contribution in [3.05, 3.63) is 35.4 Å². The minimum Gasteiger partial charge on any atom is -0.444 e. The van der Waals surface area contributed by atoms with Gasteiger partial charge >= 0.3 is 6.09 Å². The Balaban J connectivity index is 3.44. The second kappa shape index (κ2) is 11.9. The van der Waals surface area contributed by atoms with Crippen molar-refractivity contribution in [2.45, 2.75) is 91.5 Å². The molecule has 0 heterocycles. The summed E-state index contributed by atoms with van der Waals surface area (Å²) in [5.41, 5.74) is 5.65. The molecule has 0 aromatic heterocycles. The largest absolute Gasteiger partial charge is 0.444 e. The van der Waals surface area contributed by atoms with E-state index in [4.69, 9.17) is 10.5 Å². The fraction of sp³-hybridized carbons (Fsp3) is 0.600. The van der Waals surface area contributed by atoms with E-state index >= 15 is 0 Å². The summed E-state index contributed by atoms with van der Waals surface area (Å²) in [5.74, 6) is -1.73. The van der Waals surface area contributed by atoms with Gasteiger partial charge in [0.05, 0.1) is 6.42 Å². The van der Waals surface area contributed by atoms with E-state index in [1.165, 1.54) is 4.90 Å². The fourth-order valence-electron chi connectivity index (χ4n) is 3.32. The first-order valence-electron chi connectivity index (χ1n) is 11.5. The van der Waals surface area contributed by atoms with E-state index in [9.17, 15) is 19.2 Å². The van der Waals surface area contributed by atoms with Gasteiger partial charge in [-0.15, -0.1) is 0 Å². The van der Waals surface area contributed by atoms with Crippen molar-refractivity contribution in [1.29, 1.82) is 0 Å². The van der Waals surface area contributed by atoms with Crippen LogP contribution in [0.3, 0.4) is 0 Å². The number of primary amides is 1. The van der Waals surface area contributed by atoms with E-state index in [1.54, 1.807) is 32.9 Å². The Hall–Kier alpha value is -3.10. The zero-order chi connectivity index (χ0) is 26.3. The quantitative estimate of drug-likeness (QED) is 0.504. The number of ether oxygens (including phenoxy) is 1. The highest BCUT2D eigenvalue weighted by atomic mass is 16.6. The van der Waals surface area contributed by atoms with Crippen LogP contribution in [0.5, 0.6) is 0 Å². The van der Waals surface area contributed by atoms with Gasteiger partial charge in [0.15, 0.2) is 0 Å². The van der Waals surface area contributed by atoms with E-state index in [1.807, 2.05) is 46.8 Å². The van der Waals surface area contributed by atoms with Crippen LogP contribution in [0.2, 0.25) is 0 Å². The topological polar surface area (TPSA) is 131 Å². The average Bonchev–Trinajstić information content (AvgIpc) is 2.64. The summed E-state index contributed by atoms with van der Waals surface area (Å²) in [6, 6.07) is 5.06. The monoisotopic (exact) mass is 476 g/mol. The number of alkyl carbamates (subject to hydrolysis) is 1. The number of aryl methyl sites for hydroxylation is 1. The molecule has 0 aliphatic rings. The summed E-state index contributed by atoms with van der Waals surface area (Å²) < 4.78 is 5.26. The van der Waals surface area contributed by atoms with Crippen molar-refractivity contribution in [2.24, 2.45) is 5.73 Å². The van der Waals surface area contributed by atoms with Crippen molar-refractivity contribution >= 4 is 23.8 Å². The number of nitrogens with two attached hydrogens (primary N) is 1. The molecule has 2 atom stereocenters. The number of benzene rings is 1. The van der Waals surface area contributed by atoms with Gasteiger partial charge in [0.1, 0.15) is 17.7 Å². The molecule has 190 valence electrons. The molecule has 2 unspecified atom stereocenters. The van der Waals surface area contributed by atoms with Crippen molar-refractivity contribution in [2.75, 3.05) is 6.54 Å². The summed E-state index contributed by atoms with van der Waals surface area (Å²) in [7, 11) is 0. The number of nitrogens with one attached hydrogen (secondary N) is 2. The Morgan fingerprint density at radius 3 is 2.03 bits per heavy atom. The van der Waals surface area contributed by atoms with E-state index in [-0.39, 0.29) is 12.5 Å². The van der Waals surface area contributed by atoms with Crippen LogP contribution in [0.1, 0.15) is 78.5 Å². The van der Waals surface area contributed by atoms with Gasteiger partial charge in [0.25, 0.3) is 0 Å². The van der Waals surface area contributed by atoms with Gasteiger partial charge in [-0.05, 0) is 60.5 Å². The molecule has 0 aliphatic carbocycles. The predicted octanol–water partition coefficient (Wildman–Crippen LogP) is 2.96. The van der Waals surface area contributed by atoms with Gasteiger partial charge in [-0.2, -0.15) is 0 Å². The number of carbonyl (C=O) groups is 4. The minimum absolute atomic E-state index is 0.222. The lowest BCUT2D eigenvalue weighted by Crippen LogP contribution is -2.55. The predicted molar refractivity (Wildman–Crippen MR) is 131 cm³/mol. The summed E-state index contributed by atoms with van der Waals surface area (Å²) in [6.07, 6.45) is -0.735. The fourth-order valence-corrected chi connectivity index (χ4v) is 3.32.